The van der Waals surface area contributed by atoms with Crippen LogP contribution in [0.4, 0.5) is 0 Å². The summed E-state index contributed by atoms with van der Waals surface area (Å²) in [6.45, 7) is 2.10. The van der Waals surface area contributed by atoms with E-state index in [1.807, 2.05) is 0 Å². The number of aromatic carboxylic acids is 1. The molecule has 0 heterocycles. The molecular formula is C9H17NaO3Si3. The monoisotopic (exact) mass is 280 g/mol. The molecule has 1 N–H and O–H groups in total. The zero-order valence-corrected chi connectivity index (χ0v) is 16.7. The van der Waals surface area contributed by atoms with Crippen molar-refractivity contribution in [3.8, 4) is 0 Å². The van der Waals surface area contributed by atoms with Gasteiger partial charge in [-0.1, -0.05) is 37.3 Å². The van der Waals surface area contributed by atoms with Gasteiger partial charge in [-0.3, -0.25) is 0 Å². The molecule has 0 saturated heterocycles. The number of rotatable bonds is 3. The molecule has 1 rings (SSSR count). The number of hydrogen-bond acceptors (Lipinski definition) is 3. The first-order chi connectivity index (χ1) is 7.11. The Hall–Kier alpha value is 0.301. The van der Waals surface area contributed by atoms with Gasteiger partial charge in [0.1, 0.15) is 8.56 Å². The number of carboxylic acids is 1. The molecule has 0 aliphatic carbocycles. The average Bonchev–Trinajstić information content (AvgIpc) is 2.30. The molecule has 0 fully saturated rings. The second kappa shape index (κ2) is 11.8. The van der Waals surface area contributed by atoms with Crippen LogP contribution in [0.5, 0.6) is 0 Å². The minimum Gasteiger partial charge on any atom is -0.545 e. The number of benzene rings is 1. The third-order valence-corrected chi connectivity index (χ3v) is 16.9. The Balaban J connectivity index is 0. The molecule has 0 radical (unpaired) electrons. The van der Waals surface area contributed by atoms with Gasteiger partial charge in [0.15, 0.2) is 0 Å². The van der Waals surface area contributed by atoms with Crippen molar-refractivity contribution in [3.05, 3.63) is 35.9 Å². The van der Waals surface area contributed by atoms with Crippen molar-refractivity contribution in [2.75, 3.05) is 0 Å². The molecule has 0 aliphatic heterocycles. The van der Waals surface area contributed by atoms with Crippen LogP contribution in [0.3, 0.4) is 0 Å². The van der Waals surface area contributed by atoms with Gasteiger partial charge in [-0.05, 0) is 21.4 Å². The fourth-order valence-corrected chi connectivity index (χ4v) is 8.37. The summed E-state index contributed by atoms with van der Waals surface area (Å²) in [6.07, 6.45) is 0. The van der Waals surface area contributed by atoms with Gasteiger partial charge in [0.05, 0.1) is 5.97 Å². The van der Waals surface area contributed by atoms with Gasteiger partial charge < -0.3 is 14.7 Å². The number of hydrogen-bond donors (Lipinski definition) is 1. The van der Waals surface area contributed by atoms with E-state index in [-0.39, 0.29) is 43.7 Å². The van der Waals surface area contributed by atoms with E-state index >= 15 is 0 Å². The predicted octanol–water partition coefficient (Wildman–Crippen LogP) is -5.28. The van der Waals surface area contributed by atoms with Crippen LogP contribution in [0.2, 0.25) is 6.04 Å². The van der Waals surface area contributed by atoms with Gasteiger partial charge in [0.2, 0.25) is 0 Å². The first kappa shape index (κ1) is 18.7. The van der Waals surface area contributed by atoms with E-state index in [9.17, 15) is 9.90 Å². The molecule has 0 aromatic heterocycles. The molecule has 0 saturated carbocycles. The first-order valence-corrected chi connectivity index (χ1v) is 15.3. The minimum atomic E-state index is -1.13. The third-order valence-electron chi connectivity index (χ3n) is 1.95. The van der Waals surface area contributed by atoms with Crippen LogP contribution in [-0.4, -0.2) is 37.6 Å². The number of carbonyl (C=O) groups is 1. The molecule has 84 valence electrons. The summed E-state index contributed by atoms with van der Waals surface area (Å²) in [5.41, 5.74) is 0.220. The van der Waals surface area contributed by atoms with Crippen LogP contribution in [0.25, 0.3) is 0 Å². The Morgan fingerprint density at radius 3 is 2.19 bits per heavy atom. The maximum atomic E-state index is 10.1. The minimum absolute atomic E-state index is 0. The Bertz CT molecular complexity index is 281. The molecule has 3 nitrogen and oxygen atoms in total. The SMILES string of the molecule is CC[SiH](O)[SiH2][SiH3].O=C([O-])c1ccccc1.[Na+]. The van der Waals surface area contributed by atoms with Gasteiger partial charge in [-0.25, -0.2) is 0 Å². The first-order valence-electron chi connectivity index (χ1n) is 5.06. The van der Waals surface area contributed by atoms with Gasteiger partial charge in [-0.15, -0.1) is 0 Å². The van der Waals surface area contributed by atoms with Crippen LogP contribution in [0, 0.1) is 0 Å². The van der Waals surface area contributed by atoms with E-state index in [2.05, 4.69) is 6.92 Å². The van der Waals surface area contributed by atoms with E-state index in [4.69, 9.17) is 4.80 Å². The van der Waals surface area contributed by atoms with Crippen LogP contribution < -0.4 is 34.7 Å². The summed E-state index contributed by atoms with van der Waals surface area (Å²) >= 11 is 0. The van der Waals surface area contributed by atoms with Crippen molar-refractivity contribution >= 4 is 32.8 Å². The fraction of sp³-hybridized carbons (Fsp3) is 0.222. The van der Waals surface area contributed by atoms with E-state index in [1.54, 1.807) is 18.2 Å². The fourth-order valence-electron chi connectivity index (χ4n) is 0.863. The molecule has 0 spiro atoms. The number of carbonyl (C=O) groups excluding carboxylic acids is 1. The van der Waals surface area contributed by atoms with Gasteiger partial charge in [0, 0.05) is 8.55 Å². The van der Waals surface area contributed by atoms with Gasteiger partial charge in [0.25, 0.3) is 0 Å². The van der Waals surface area contributed by atoms with E-state index in [1.165, 1.54) is 21.9 Å². The summed E-state index contributed by atoms with van der Waals surface area (Å²) in [5, 5.41) is 10.1. The average molecular weight is 280 g/mol. The molecular weight excluding hydrogens is 263 g/mol. The molecule has 1 unspecified atom stereocenters. The maximum Gasteiger partial charge on any atom is 1.00 e. The predicted molar refractivity (Wildman–Crippen MR) is 69.1 cm³/mol. The van der Waals surface area contributed by atoms with Crippen molar-refractivity contribution < 1.29 is 44.3 Å². The van der Waals surface area contributed by atoms with Crippen LogP contribution in [0.15, 0.2) is 30.3 Å². The largest absolute Gasteiger partial charge is 1.00 e. The topological polar surface area (TPSA) is 60.4 Å². The Kier molecular flexibility index (Phi) is 13.7. The molecule has 0 bridgehead atoms. The zero-order valence-electron chi connectivity index (χ0n) is 10.1. The normalized spacial score (nSPS) is 11.4. The summed E-state index contributed by atoms with van der Waals surface area (Å²) in [4.78, 5) is 19.0. The van der Waals surface area contributed by atoms with Gasteiger partial charge in [-0.2, -0.15) is 0 Å². The second-order valence-corrected chi connectivity index (χ2v) is 18.7. The summed E-state index contributed by atoms with van der Waals surface area (Å²) in [6, 6.07) is 9.18. The Morgan fingerprint density at radius 2 is 2.00 bits per heavy atom. The molecule has 1 aromatic carbocycles. The molecule has 1 atom stereocenters. The van der Waals surface area contributed by atoms with Crippen molar-refractivity contribution in [3.63, 3.8) is 0 Å². The van der Waals surface area contributed by atoms with Crippen LogP contribution in [-0.2, 0) is 0 Å². The molecule has 0 aliphatic rings. The molecule has 16 heavy (non-hydrogen) atoms. The van der Waals surface area contributed by atoms with E-state index < -0.39 is 14.5 Å². The molecule has 7 heteroatoms. The van der Waals surface area contributed by atoms with Gasteiger partial charge >= 0.3 is 29.6 Å². The quantitative estimate of drug-likeness (QED) is 0.563. The Morgan fingerprint density at radius 1 is 1.50 bits per heavy atom. The molecule has 1 aromatic rings. The zero-order chi connectivity index (χ0) is 11.7. The Labute approximate surface area is 125 Å². The third kappa shape index (κ3) is 9.52. The second-order valence-electron chi connectivity index (χ2n) is 3.12. The number of carboxylic acid groups (broad SMARTS) is 1. The summed E-state index contributed by atoms with van der Waals surface area (Å²) in [7, 11) is 0.545. The van der Waals surface area contributed by atoms with Crippen LogP contribution in [0.1, 0.15) is 17.3 Å². The van der Waals surface area contributed by atoms with E-state index in [0.717, 1.165) is 6.04 Å². The standard InChI is InChI=1S/C7H6O2.C2H12OSi3.Na/c8-7(9)6-4-2-1-3-5-6;1-2-6(3)5-4;/h1-5H,(H,8,9);3,6H,2,5H2,1,4H3;/q;;+1/p-1. The van der Waals surface area contributed by atoms with Crippen molar-refractivity contribution in [2.45, 2.75) is 13.0 Å². The maximum absolute atomic E-state index is 10.1. The van der Waals surface area contributed by atoms with Crippen molar-refractivity contribution in [1.29, 1.82) is 0 Å². The summed E-state index contributed by atoms with van der Waals surface area (Å²) in [5.74, 6) is -1.13. The summed E-state index contributed by atoms with van der Waals surface area (Å²) < 4.78 is 0. The van der Waals surface area contributed by atoms with E-state index in [0.29, 0.717) is 0 Å². The molecule has 0 amide bonds. The smallest absolute Gasteiger partial charge is 0.545 e. The van der Waals surface area contributed by atoms with Crippen LogP contribution >= 0.6 is 0 Å². The van der Waals surface area contributed by atoms with Crippen molar-refractivity contribution in [2.24, 2.45) is 0 Å². The van der Waals surface area contributed by atoms with Crippen molar-refractivity contribution in [1.82, 2.24) is 0 Å².